The van der Waals surface area contributed by atoms with Gasteiger partial charge in [0, 0.05) is 16.9 Å². The van der Waals surface area contributed by atoms with E-state index in [9.17, 15) is 9.59 Å². The Hall–Kier alpha value is -2.92. The van der Waals surface area contributed by atoms with E-state index in [4.69, 9.17) is 0 Å². The molecule has 0 saturated carbocycles. The van der Waals surface area contributed by atoms with Gasteiger partial charge in [-0.15, -0.1) is 11.3 Å². The molecule has 0 radical (unpaired) electrons. The highest BCUT2D eigenvalue weighted by atomic mass is 32.1. The summed E-state index contributed by atoms with van der Waals surface area (Å²) in [5.74, 6) is -0.299. The molecule has 1 heterocycles. The minimum atomic E-state index is -0.161. The number of nitrogens with one attached hydrogen (secondary N) is 2. The Balaban J connectivity index is 1.62. The van der Waals surface area contributed by atoms with Gasteiger partial charge >= 0.3 is 0 Å². The number of carbonyl (C=O) groups is 2. The van der Waals surface area contributed by atoms with Crippen LogP contribution in [0.4, 0.5) is 11.4 Å². The standard InChI is InChI=1S/C22H22N2O2S/c1-22(2,3)16-8-6-15(7-9-16)20(25)23-17-10-12-18(13-11-17)24-21(26)19-5-4-14-27-19/h4-14H,1-3H3,(H,23,25)(H,24,26). The molecule has 0 aliphatic carbocycles. The van der Waals surface area contributed by atoms with Crippen LogP contribution >= 0.6 is 11.3 Å². The topological polar surface area (TPSA) is 58.2 Å². The van der Waals surface area contributed by atoms with E-state index in [2.05, 4.69) is 31.4 Å². The van der Waals surface area contributed by atoms with Crippen molar-refractivity contribution in [3.05, 3.63) is 82.0 Å². The molecular formula is C22H22N2O2S. The second-order valence-corrected chi connectivity index (χ2v) is 8.24. The first-order valence-electron chi connectivity index (χ1n) is 8.70. The number of anilines is 2. The zero-order chi connectivity index (χ0) is 19.4. The largest absolute Gasteiger partial charge is 0.322 e. The maximum absolute atomic E-state index is 12.4. The van der Waals surface area contributed by atoms with E-state index in [1.165, 1.54) is 16.9 Å². The molecule has 0 saturated heterocycles. The fourth-order valence-corrected chi connectivity index (χ4v) is 3.18. The number of benzene rings is 2. The van der Waals surface area contributed by atoms with E-state index in [0.717, 1.165) is 0 Å². The van der Waals surface area contributed by atoms with Crippen LogP contribution in [0.1, 0.15) is 46.4 Å². The first kappa shape index (κ1) is 18.9. The Kier molecular flexibility index (Phi) is 5.42. The van der Waals surface area contributed by atoms with Crippen LogP contribution < -0.4 is 10.6 Å². The summed E-state index contributed by atoms with van der Waals surface area (Å²) in [6, 6.07) is 18.3. The van der Waals surface area contributed by atoms with E-state index in [-0.39, 0.29) is 17.2 Å². The Morgan fingerprint density at radius 1 is 0.778 bits per heavy atom. The molecule has 4 nitrogen and oxygen atoms in total. The van der Waals surface area contributed by atoms with Gasteiger partial charge in [-0.05, 0) is 58.8 Å². The normalized spacial score (nSPS) is 11.1. The number of carbonyl (C=O) groups excluding carboxylic acids is 2. The van der Waals surface area contributed by atoms with Crippen molar-refractivity contribution in [2.75, 3.05) is 10.6 Å². The maximum atomic E-state index is 12.4. The van der Waals surface area contributed by atoms with Gasteiger partial charge in [0.05, 0.1) is 4.88 Å². The fraction of sp³-hybridized carbons (Fsp3) is 0.182. The molecular weight excluding hydrogens is 356 g/mol. The Labute approximate surface area is 163 Å². The molecule has 0 atom stereocenters. The average molecular weight is 378 g/mol. The lowest BCUT2D eigenvalue weighted by molar-refractivity contribution is 0.102. The van der Waals surface area contributed by atoms with Gasteiger partial charge in [-0.25, -0.2) is 0 Å². The van der Waals surface area contributed by atoms with E-state index >= 15 is 0 Å². The van der Waals surface area contributed by atoms with E-state index < -0.39 is 0 Å². The summed E-state index contributed by atoms with van der Waals surface area (Å²) in [5, 5.41) is 7.57. The predicted octanol–water partition coefficient (Wildman–Crippen LogP) is 5.55. The van der Waals surface area contributed by atoms with Crippen LogP contribution in [0, 0.1) is 0 Å². The van der Waals surface area contributed by atoms with Crippen LogP contribution in [0.15, 0.2) is 66.0 Å². The quantitative estimate of drug-likeness (QED) is 0.625. The molecule has 3 aromatic rings. The monoisotopic (exact) mass is 378 g/mol. The van der Waals surface area contributed by atoms with Crippen molar-refractivity contribution in [3.8, 4) is 0 Å². The summed E-state index contributed by atoms with van der Waals surface area (Å²) in [7, 11) is 0. The van der Waals surface area contributed by atoms with Gasteiger partial charge in [-0.2, -0.15) is 0 Å². The molecule has 1 aromatic heterocycles. The fourth-order valence-electron chi connectivity index (χ4n) is 2.56. The average Bonchev–Trinajstić information content (AvgIpc) is 3.17. The minimum Gasteiger partial charge on any atom is -0.322 e. The highest BCUT2D eigenvalue weighted by Gasteiger charge is 2.14. The van der Waals surface area contributed by atoms with Crippen molar-refractivity contribution in [3.63, 3.8) is 0 Å². The van der Waals surface area contributed by atoms with Crippen LogP contribution in [0.5, 0.6) is 0 Å². The highest BCUT2D eigenvalue weighted by molar-refractivity contribution is 7.12. The number of amides is 2. The molecule has 5 heteroatoms. The maximum Gasteiger partial charge on any atom is 0.265 e. The number of thiophene rings is 1. The van der Waals surface area contributed by atoms with Crippen LogP contribution in [0.3, 0.4) is 0 Å². The van der Waals surface area contributed by atoms with Gasteiger partial charge in [0.25, 0.3) is 11.8 Å². The number of hydrogen-bond acceptors (Lipinski definition) is 3. The van der Waals surface area contributed by atoms with Gasteiger partial charge in [-0.1, -0.05) is 39.0 Å². The van der Waals surface area contributed by atoms with Gasteiger partial charge in [0.15, 0.2) is 0 Å². The molecule has 0 aliphatic rings. The summed E-state index contributed by atoms with van der Waals surface area (Å²) in [6.07, 6.45) is 0. The van der Waals surface area contributed by atoms with E-state index in [1.807, 2.05) is 35.7 Å². The lowest BCUT2D eigenvalue weighted by Crippen LogP contribution is -2.14. The van der Waals surface area contributed by atoms with Crippen molar-refractivity contribution in [2.45, 2.75) is 26.2 Å². The molecule has 27 heavy (non-hydrogen) atoms. The zero-order valence-corrected chi connectivity index (χ0v) is 16.4. The van der Waals surface area contributed by atoms with Gasteiger partial charge < -0.3 is 10.6 Å². The summed E-state index contributed by atoms with van der Waals surface area (Å²) in [4.78, 5) is 25.1. The Bertz CT molecular complexity index is 922. The third-order valence-electron chi connectivity index (χ3n) is 4.16. The summed E-state index contributed by atoms with van der Waals surface area (Å²) >= 11 is 1.39. The van der Waals surface area contributed by atoms with Gasteiger partial charge in [-0.3, -0.25) is 9.59 Å². The third-order valence-corrected chi connectivity index (χ3v) is 5.03. The van der Waals surface area contributed by atoms with Crippen molar-refractivity contribution < 1.29 is 9.59 Å². The first-order valence-corrected chi connectivity index (χ1v) is 9.58. The lowest BCUT2D eigenvalue weighted by Gasteiger charge is -2.19. The van der Waals surface area contributed by atoms with Gasteiger partial charge in [0.1, 0.15) is 0 Å². The van der Waals surface area contributed by atoms with Crippen LogP contribution in [0.2, 0.25) is 0 Å². The van der Waals surface area contributed by atoms with Crippen LogP contribution in [-0.2, 0) is 5.41 Å². The second kappa shape index (κ2) is 7.76. The predicted molar refractivity (Wildman–Crippen MR) is 112 cm³/mol. The van der Waals surface area contributed by atoms with Crippen molar-refractivity contribution in [2.24, 2.45) is 0 Å². The minimum absolute atomic E-state index is 0.0540. The Morgan fingerprint density at radius 3 is 1.81 bits per heavy atom. The molecule has 2 amide bonds. The molecule has 0 spiro atoms. The molecule has 0 bridgehead atoms. The van der Waals surface area contributed by atoms with Crippen LogP contribution in [0.25, 0.3) is 0 Å². The Morgan fingerprint density at radius 2 is 1.33 bits per heavy atom. The molecule has 0 fully saturated rings. The third kappa shape index (κ3) is 4.83. The molecule has 3 rings (SSSR count). The summed E-state index contributed by atoms with van der Waals surface area (Å²) < 4.78 is 0. The van der Waals surface area contributed by atoms with Crippen molar-refractivity contribution in [1.29, 1.82) is 0 Å². The molecule has 2 aromatic carbocycles. The van der Waals surface area contributed by atoms with Crippen molar-refractivity contribution in [1.82, 2.24) is 0 Å². The molecule has 0 unspecified atom stereocenters. The molecule has 138 valence electrons. The van der Waals surface area contributed by atoms with E-state index in [0.29, 0.717) is 21.8 Å². The number of hydrogen-bond donors (Lipinski definition) is 2. The molecule has 0 aliphatic heterocycles. The zero-order valence-electron chi connectivity index (χ0n) is 15.6. The smallest absolute Gasteiger partial charge is 0.265 e. The van der Waals surface area contributed by atoms with Gasteiger partial charge in [0.2, 0.25) is 0 Å². The lowest BCUT2D eigenvalue weighted by atomic mass is 9.87. The second-order valence-electron chi connectivity index (χ2n) is 7.29. The molecule has 2 N–H and O–H groups in total. The highest BCUT2D eigenvalue weighted by Crippen LogP contribution is 2.23. The van der Waals surface area contributed by atoms with E-state index in [1.54, 1.807) is 30.3 Å². The summed E-state index contributed by atoms with van der Waals surface area (Å²) in [6.45, 7) is 6.42. The van der Waals surface area contributed by atoms with Crippen molar-refractivity contribution >= 4 is 34.5 Å². The first-order chi connectivity index (χ1) is 12.8. The van der Waals surface area contributed by atoms with Crippen LogP contribution in [-0.4, -0.2) is 11.8 Å². The summed E-state index contributed by atoms with van der Waals surface area (Å²) in [5.41, 5.74) is 3.20. The number of rotatable bonds is 4. The SMILES string of the molecule is CC(C)(C)c1ccc(C(=O)Nc2ccc(NC(=O)c3cccs3)cc2)cc1.